The molecule has 0 amide bonds. The Hall–Kier alpha value is -4.20. The van der Waals surface area contributed by atoms with Gasteiger partial charge in [-0.2, -0.15) is 0 Å². The smallest absolute Gasteiger partial charge is 0.246 e. The number of nitrogens with one attached hydrogen (secondary N) is 2. The lowest BCUT2D eigenvalue weighted by molar-refractivity contribution is 0.415. The van der Waals surface area contributed by atoms with Gasteiger partial charge in [0.1, 0.15) is 34.4 Å². The molecule has 8 heteroatoms. The molecule has 0 aliphatic heterocycles. The van der Waals surface area contributed by atoms with Gasteiger partial charge in [0.2, 0.25) is 5.89 Å². The number of hydrogen-bond donors (Lipinski definition) is 2. The normalized spacial score (nSPS) is 11.0. The Balaban J connectivity index is 1.59. The second kappa shape index (κ2) is 7.32. The number of ether oxygens (including phenoxy) is 1. The molecule has 0 fully saturated rings. The summed E-state index contributed by atoms with van der Waals surface area (Å²) in [5.41, 5.74) is 2.01. The van der Waals surface area contributed by atoms with Crippen molar-refractivity contribution in [3.8, 4) is 17.3 Å². The predicted molar refractivity (Wildman–Crippen MR) is 116 cm³/mol. The Morgan fingerprint density at radius 3 is 2.70 bits per heavy atom. The molecular formula is C22H18N6O2. The number of methoxy groups -OCH3 is 1. The highest BCUT2D eigenvalue weighted by Gasteiger charge is 2.14. The molecule has 0 bridgehead atoms. The van der Waals surface area contributed by atoms with Crippen molar-refractivity contribution in [3.05, 3.63) is 60.9 Å². The summed E-state index contributed by atoms with van der Waals surface area (Å²) in [6.45, 7) is 0. The van der Waals surface area contributed by atoms with E-state index in [-0.39, 0.29) is 0 Å². The van der Waals surface area contributed by atoms with Crippen LogP contribution < -0.4 is 15.4 Å². The van der Waals surface area contributed by atoms with Crippen molar-refractivity contribution >= 4 is 39.3 Å². The molecule has 0 spiro atoms. The van der Waals surface area contributed by atoms with E-state index >= 15 is 0 Å². The van der Waals surface area contributed by atoms with Crippen molar-refractivity contribution < 1.29 is 9.15 Å². The highest BCUT2D eigenvalue weighted by atomic mass is 16.5. The molecule has 0 saturated heterocycles. The minimum atomic E-state index is 0.438. The van der Waals surface area contributed by atoms with E-state index < -0.39 is 0 Å². The maximum Gasteiger partial charge on any atom is 0.246 e. The van der Waals surface area contributed by atoms with E-state index in [1.807, 2.05) is 55.6 Å². The van der Waals surface area contributed by atoms with Crippen molar-refractivity contribution in [2.24, 2.45) is 0 Å². The molecule has 5 rings (SSSR count). The van der Waals surface area contributed by atoms with Gasteiger partial charge in [-0.1, -0.05) is 6.07 Å². The number of benzene rings is 1. The Morgan fingerprint density at radius 1 is 0.967 bits per heavy atom. The monoisotopic (exact) mass is 398 g/mol. The van der Waals surface area contributed by atoms with E-state index in [0.717, 1.165) is 22.3 Å². The third-order valence-corrected chi connectivity index (χ3v) is 4.69. The van der Waals surface area contributed by atoms with Crippen LogP contribution in [0.2, 0.25) is 0 Å². The summed E-state index contributed by atoms with van der Waals surface area (Å²) in [6, 6.07) is 15.1. The molecule has 4 aromatic heterocycles. The molecule has 4 heterocycles. The van der Waals surface area contributed by atoms with Crippen LogP contribution in [0, 0.1) is 0 Å². The Kier molecular flexibility index (Phi) is 4.36. The molecule has 0 atom stereocenters. The first-order chi connectivity index (χ1) is 14.7. The highest BCUT2D eigenvalue weighted by molar-refractivity contribution is 5.95. The standard InChI is InChI=1S/C22H18N6O2/c1-23-21-15-12-25-20(28-19-5-3-4-8-24-19)10-13(15)9-17(26-21)22-27-16-11-14(29-2)6-7-18(16)30-22/h3-12H,1-2H3,(H,23,26)(H,24,25,28). The summed E-state index contributed by atoms with van der Waals surface area (Å²) in [5.74, 6) is 3.26. The largest absolute Gasteiger partial charge is 0.497 e. The van der Waals surface area contributed by atoms with Gasteiger partial charge in [0.15, 0.2) is 5.58 Å². The fourth-order valence-electron chi connectivity index (χ4n) is 3.23. The summed E-state index contributed by atoms with van der Waals surface area (Å²) in [6.07, 6.45) is 3.51. The van der Waals surface area contributed by atoms with Crippen molar-refractivity contribution in [1.82, 2.24) is 19.9 Å². The van der Waals surface area contributed by atoms with Gasteiger partial charge in [-0.25, -0.2) is 19.9 Å². The zero-order valence-corrected chi connectivity index (χ0v) is 16.4. The van der Waals surface area contributed by atoms with Crippen molar-refractivity contribution in [2.75, 3.05) is 24.8 Å². The van der Waals surface area contributed by atoms with Crippen molar-refractivity contribution in [2.45, 2.75) is 0 Å². The van der Waals surface area contributed by atoms with Crippen molar-refractivity contribution in [3.63, 3.8) is 0 Å². The fourth-order valence-corrected chi connectivity index (χ4v) is 3.23. The van der Waals surface area contributed by atoms with Crippen LogP contribution in [0.4, 0.5) is 17.5 Å². The number of aromatic nitrogens is 4. The number of pyridine rings is 3. The highest BCUT2D eigenvalue weighted by Crippen LogP contribution is 2.31. The molecule has 1 aromatic carbocycles. The Bertz CT molecular complexity index is 1350. The second-order valence-electron chi connectivity index (χ2n) is 6.59. The molecular weight excluding hydrogens is 380 g/mol. The van der Waals surface area contributed by atoms with Crippen LogP contribution >= 0.6 is 0 Å². The molecule has 30 heavy (non-hydrogen) atoms. The van der Waals surface area contributed by atoms with Crippen LogP contribution in [0.3, 0.4) is 0 Å². The predicted octanol–water partition coefficient (Wildman–Crippen LogP) is 4.63. The molecule has 0 unspecified atom stereocenters. The fraction of sp³-hybridized carbons (Fsp3) is 0.0909. The number of hydrogen-bond acceptors (Lipinski definition) is 8. The lowest BCUT2D eigenvalue weighted by Crippen LogP contribution is -1.99. The number of fused-ring (bicyclic) bond motifs is 2. The molecule has 8 nitrogen and oxygen atoms in total. The van der Waals surface area contributed by atoms with Gasteiger partial charge in [-0.15, -0.1) is 0 Å². The first kappa shape index (κ1) is 17.9. The summed E-state index contributed by atoms with van der Waals surface area (Å²) < 4.78 is 11.2. The van der Waals surface area contributed by atoms with Crippen LogP contribution in [0.5, 0.6) is 5.75 Å². The maximum atomic E-state index is 5.93. The van der Waals surface area contributed by atoms with E-state index in [4.69, 9.17) is 9.15 Å². The van der Waals surface area contributed by atoms with Crippen LogP contribution in [0.15, 0.2) is 65.3 Å². The quantitative estimate of drug-likeness (QED) is 0.442. The van der Waals surface area contributed by atoms with Crippen LogP contribution in [0.1, 0.15) is 0 Å². The zero-order valence-electron chi connectivity index (χ0n) is 16.4. The van der Waals surface area contributed by atoms with Gasteiger partial charge >= 0.3 is 0 Å². The second-order valence-corrected chi connectivity index (χ2v) is 6.59. The SMILES string of the molecule is CNc1nc(-c2nc3cc(OC)ccc3o2)cc2cc(Nc3ccccn3)ncc12. The lowest BCUT2D eigenvalue weighted by atomic mass is 10.1. The van der Waals surface area contributed by atoms with Crippen LogP contribution in [-0.2, 0) is 0 Å². The molecule has 0 radical (unpaired) electrons. The minimum Gasteiger partial charge on any atom is -0.497 e. The number of anilines is 3. The Labute approximate surface area is 172 Å². The van der Waals surface area contributed by atoms with Crippen LogP contribution in [-0.4, -0.2) is 34.1 Å². The number of oxazole rings is 1. The van der Waals surface area contributed by atoms with E-state index in [2.05, 4.69) is 30.6 Å². The molecule has 0 aliphatic carbocycles. The summed E-state index contributed by atoms with van der Waals surface area (Å²) in [4.78, 5) is 18.0. The zero-order chi connectivity index (χ0) is 20.5. The lowest BCUT2D eigenvalue weighted by Gasteiger charge is -2.09. The number of nitrogens with zero attached hydrogens (tertiary/aromatic N) is 4. The van der Waals surface area contributed by atoms with Gasteiger partial charge in [-0.05, 0) is 41.8 Å². The average Bonchev–Trinajstić information content (AvgIpc) is 3.22. The third kappa shape index (κ3) is 3.24. The minimum absolute atomic E-state index is 0.438. The summed E-state index contributed by atoms with van der Waals surface area (Å²) in [5, 5.41) is 8.18. The van der Waals surface area contributed by atoms with E-state index in [1.54, 1.807) is 19.5 Å². The first-order valence-electron chi connectivity index (χ1n) is 9.35. The van der Waals surface area contributed by atoms with Crippen LogP contribution in [0.25, 0.3) is 33.5 Å². The average molecular weight is 398 g/mol. The summed E-state index contributed by atoms with van der Waals surface area (Å²) >= 11 is 0. The van der Waals surface area contributed by atoms with E-state index in [0.29, 0.717) is 34.3 Å². The van der Waals surface area contributed by atoms with Gasteiger partial charge in [-0.3, -0.25) is 0 Å². The topological polar surface area (TPSA) is 98.0 Å². The maximum absolute atomic E-state index is 5.93. The molecule has 0 aliphatic rings. The van der Waals surface area contributed by atoms with Gasteiger partial charge < -0.3 is 19.8 Å². The molecule has 148 valence electrons. The molecule has 2 N–H and O–H groups in total. The van der Waals surface area contributed by atoms with E-state index in [9.17, 15) is 0 Å². The number of rotatable bonds is 5. The van der Waals surface area contributed by atoms with Gasteiger partial charge in [0.25, 0.3) is 0 Å². The Morgan fingerprint density at radius 2 is 1.90 bits per heavy atom. The molecule has 5 aromatic rings. The first-order valence-corrected chi connectivity index (χ1v) is 9.35. The van der Waals surface area contributed by atoms with E-state index in [1.165, 1.54) is 0 Å². The third-order valence-electron chi connectivity index (χ3n) is 4.69. The molecule has 0 saturated carbocycles. The van der Waals surface area contributed by atoms with Gasteiger partial charge in [0, 0.05) is 30.9 Å². The van der Waals surface area contributed by atoms with Gasteiger partial charge in [0.05, 0.1) is 7.11 Å². The summed E-state index contributed by atoms with van der Waals surface area (Å²) in [7, 11) is 3.44. The van der Waals surface area contributed by atoms with Crippen molar-refractivity contribution in [1.29, 1.82) is 0 Å².